The first-order chi connectivity index (χ1) is 8.74. The van der Waals surface area contributed by atoms with Gasteiger partial charge in [0.25, 0.3) is 0 Å². The molecule has 0 radical (unpaired) electrons. The maximum absolute atomic E-state index is 10.5. The number of rotatable bonds is 6. The van der Waals surface area contributed by atoms with Crippen LogP contribution in [-0.2, 0) is 9.53 Å². The zero-order valence-electron chi connectivity index (χ0n) is 10.2. The van der Waals surface area contributed by atoms with Crippen molar-refractivity contribution in [2.75, 3.05) is 11.6 Å². The fourth-order valence-corrected chi connectivity index (χ4v) is 1.25. The second-order valence-corrected chi connectivity index (χ2v) is 3.53. The van der Waals surface area contributed by atoms with Gasteiger partial charge in [0.2, 0.25) is 6.19 Å². The van der Waals surface area contributed by atoms with Crippen LogP contribution in [-0.4, -0.2) is 18.8 Å². The van der Waals surface area contributed by atoms with Gasteiger partial charge >= 0.3 is 5.97 Å². The minimum atomic E-state index is -0.283. The maximum Gasteiger partial charge on any atom is 0.302 e. The number of ether oxygens (including phenoxy) is 1. The lowest BCUT2D eigenvalue weighted by Gasteiger charge is -2.07. The molecule has 18 heavy (non-hydrogen) atoms. The molecule has 1 aromatic carbocycles. The molecule has 0 bridgehead atoms. The van der Waals surface area contributed by atoms with E-state index in [2.05, 4.69) is 5.10 Å². The number of carbonyl (C=O) groups excluding carboxylic acids is 1. The monoisotopic (exact) mass is 245 g/mol. The van der Waals surface area contributed by atoms with Gasteiger partial charge in [0.15, 0.2) is 0 Å². The van der Waals surface area contributed by atoms with Gasteiger partial charge < -0.3 is 4.74 Å². The normalized spacial score (nSPS) is 10.0. The average Bonchev–Trinajstić information content (AvgIpc) is 2.38. The molecule has 0 aliphatic heterocycles. The van der Waals surface area contributed by atoms with Gasteiger partial charge in [-0.1, -0.05) is 18.2 Å². The third kappa shape index (κ3) is 5.12. The Kier molecular flexibility index (Phi) is 5.98. The van der Waals surface area contributed by atoms with Crippen molar-refractivity contribution in [1.29, 1.82) is 5.26 Å². The lowest BCUT2D eigenvalue weighted by molar-refractivity contribution is -0.140. The third-order valence-electron chi connectivity index (χ3n) is 2.08. The number of unbranched alkanes of at least 4 members (excludes halogenated alkanes) is 1. The molecule has 0 N–H and O–H groups in total. The molecule has 0 aliphatic carbocycles. The predicted molar refractivity (Wildman–Crippen MR) is 68.9 cm³/mol. The van der Waals surface area contributed by atoms with E-state index in [4.69, 9.17) is 10.00 Å². The summed E-state index contributed by atoms with van der Waals surface area (Å²) in [5.41, 5.74) is 0.719. The molecule has 0 spiro atoms. The van der Waals surface area contributed by atoms with Crippen molar-refractivity contribution < 1.29 is 9.53 Å². The number of nitriles is 1. The Hall–Kier alpha value is -2.35. The van der Waals surface area contributed by atoms with Crippen LogP contribution in [0.25, 0.3) is 0 Å². The highest BCUT2D eigenvalue weighted by molar-refractivity contribution is 5.66. The Labute approximate surface area is 106 Å². The molecule has 5 nitrogen and oxygen atoms in total. The molecule has 5 heteroatoms. The van der Waals surface area contributed by atoms with Crippen LogP contribution in [0, 0.1) is 11.5 Å². The number of anilines is 1. The molecule has 0 amide bonds. The highest BCUT2D eigenvalue weighted by Gasteiger charge is 2.00. The van der Waals surface area contributed by atoms with Gasteiger partial charge in [0.1, 0.15) is 0 Å². The molecule has 0 unspecified atom stereocenters. The van der Waals surface area contributed by atoms with Crippen molar-refractivity contribution in [3.8, 4) is 6.19 Å². The van der Waals surface area contributed by atoms with E-state index in [1.54, 1.807) is 18.3 Å². The van der Waals surface area contributed by atoms with E-state index in [0.29, 0.717) is 19.4 Å². The zero-order valence-corrected chi connectivity index (χ0v) is 10.2. The smallest absolute Gasteiger partial charge is 0.302 e. The fourth-order valence-electron chi connectivity index (χ4n) is 1.25. The summed E-state index contributed by atoms with van der Waals surface area (Å²) in [4.78, 5) is 10.5. The largest absolute Gasteiger partial charge is 0.466 e. The third-order valence-corrected chi connectivity index (χ3v) is 2.08. The van der Waals surface area contributed by atoms with Gasteiger partial charge in [0, 0.05) is 13.1 Å². The van der Waals surface area contributed by atoms with Crippen LogP contribution in [0.2, 0.25) is 0 Å². The SMILES string of the molecule is CC(=O)OCCC/C=N/N(C#N)c1ccccc1. The molecule has 0 heterocycles. The number of hydrogen-bond acceptors (Lipinski definition) is 5. The highest BCUT2D eigenvalue weighted by Crippen LogP contribution is 2.11. The molecule has 0 aliphatic rings. The Balaban J connectivity index is 2.36. The topological polar surface area (TPSA) is 65.7 Å². The van der Waals surface area contributed by atoms with Crippen LogP contribution in [0.5, 0.6) is 0 Å². The Morgan fingerprint density at radius 2 is 2.22 bits per heavy atom. The predicted octanol–water partition coefficient (Wildman–Crippen LogP) is 2.30. The molecule has 0 aromatic heterocycles. The molecular weight excluding hydrogens is 230 g/mol. The summed E-state index contributed by atoms with van der Waals surface area (Å²) in [6.45, 7) is 1.75. The van der Waals surface area contributed by atoms with Gasteiger partial charge in [-0.15, -0.1) is 0 Å². The van der Waals surface area contributed by atoms with Gasteiger partial charge in [0.05, 0.1) is 12.3 Å². The first-order valence-electron chi connectivity index (χ1n) is 5.64. The quantitative estimate of drug-likeness (QED) is 0.193. The van der Waals surface area contributed by atoms with Gasteiger partial charge in [-0.2, -0.15) is 15.4 Å². The molecule has 0 saturated heterocycles. The van der Waals surface area contributed by atoms with E-state index in [1.807, 2.05) is 24.4 Å². The van der Waals surface area contributed by atoms with Gasteiger partial charge in [-0.3, -0.25) is 4.79 Å². The van der Waals surface area contributed by atoms with E-state index in [0.717, 1.165) is 5.69 Å². The summed E-state index contributed by atoms with van der Waals surface area (Å²) < 4.78 is 4.78. The Morgan fingerprint density at radius 3 is 2.83 bits per heavy atom. The second kappa shape index (κ2) is 7.85. The molecule has 0 saturated carbocycles. The molecule has 0 atom stereocenters. The summed E-state index contributed by atoms with van der Waals surface area (Å²) in [6, 6.07) is 9.17. The zero-order chi connectivity index (χ0) is 13.2. The van der Waals surface area contributed by atoms with E-state index < -0.39 is 0 Å². The van der Waals surface area contributed by atoms with E-state index in [9.17, 15) is 4.79 Å². The highest BCUT2D eigenvalue weighted by atomic mass is 16.5. The van der Waals surface area contributed by atoms with Gasteiger partial charge in [-0.05, 0) is 25.0 Å². The van der Waals surface area contributed by atoms with Crippen LogP contribution < -0.4 is 5.01 Å². The van der Waals surface area contributed by atoms with E-state index in [1.165, 1.54) is 11.9 Å². The lowest BCUT2D eigenvalue weighted by Crippen LogP contribution is -2.08. The van der Waals surface area contributed by atoms with Crippen LogP contribution in [0.3, 0.4) is 0 Å². The van der Waals surface area contributed by atoms with Crippen LogP contribution >= 0.6 is 0 Å². The van der Waals surface area contributed by atoms with Gasteiger partial charge in [-0.25, -0.2) is 0 Å². The standard InChI is InChI=1S/C13H15N3O2/c1-12(17)18-10-6-5-9-15-16(11-14)13-7-3-2-4-8-13/h2-4,7-9H,5-6,10H2,1H3/b15-9+. The summed E-state index contributed by atoms with van der Waals surface area (Å²) in [6.07, 6.45) is 4.96. The van der Waals surface area contributed by atoms with Crippen molar-refractivity contribution in [3.63, 3.8) is 0 Å². The molecular formula is C13H15N3O2. The fraction of sp³-hybridized carbons (Fsp3) is 0.308. The molecule has 94 valence electrons. The van der Waals surface area contributed by atoms with E-state index >= 15 is 0 Å². The van der Waals surface area contributed by atoms with Crippen LogP contribution in [0.1, 0.15) is 19.8 Å². The number of hydrazone groups is 1. The average molecular weight is 245 g/mol. The van der Waals surface area contributed by atoms with Crippen molar-refractivity contribution in [1.82, 2.24) is 0 Å². The Bertz CT molecular complexity index is 437. The van der Waals surface area contributed by atoms with Crippen molar-refractivity contribution >= 4 is 17.9 Å². The first kappa shape index (κ1) is 13.7. The summed E-state index contributed by atoms with van der Waals surface area (Å²) in [5, 5.41) is 14.2. The first-order valence-corrected chi connectivity index (χ1v) is 5.64. The number of esters is 1. The van der Waals surface area contributed by atoms with Crippen LogP contribution in [0.15, 0.2) is 35.4 Å². The molecule has 1 rings (SSSR count). The van der Waals surface area contributed by atoms with Crippen molar-refractivity contribution in [2.24, 2.45) is 5.10 Å². The number of para-hydroxylation sites is 1. The summed E-state index contributed by atoms with van der Waals surface area (Å²) in [7, 11) is 0. The molecule has 0 fully saturated rings. The summed E-state index contributed by atoms with van der Waals surface area (Å²) in [5.74, 6) is -0.283. The second-order valence-electron chi connectivity index (χ2n) is 3.53. The number of carbonyl (C=O) groups is 1. The van der Waals surface area contributed by atoms with E-state index in [-0.39, 0.29) is 5.97 Å². The minimum absolute atomic E-state index is 0.283. The number of nitrogens with zero attached hydrogens (tertiary/aromatic N) is 3. The van der Waals surface area contributed by atoms with Crippen molar-refractivity contribution in [2.45, 2.75) is 19.8 Å². The summed E-state index contributed by atoms with van der Waals surface area (Å²) >= 11 is 0. The number of hydrogen-bond donors (Lipinski definition) is 0. The number of benzene rings is 1. The minimum Gasteiger partial charge on any atom is -0.466 e. The van der Waals surface area contributed by atoms with Crippen molar-refractivity contribution in [3.05, 3.63) is 30.3 Å². The maximum atomic E-state index is 10.5. The lowest BCUT2D eigenvalue weighted by atomic mass is 10.3. The molecule has 1 aromatic rings. The van der Waals surface area contributed by atoms with Crippen LogP contribution in [0.4, 0.5) is 5.69 Å². The Morgan fingerprint density at radius 1 is 1.50 bits per heavy atom.